The van der Waals surface area contributed by atoms with E-state index in [0.717, 1.165) is 16.9 Å². The first-order valence-electron chi connectivity index (χ1n) is 7.81. The molecule has 3 aromatic rings. The highest BCUT2D eigenvalue weighted by atomic mass is 16.5. The number of ketones is 1. The van der Waals surface area contributed by atoms with Crippen LogP contribution in [0.15, 0.2) is 77.4 Å². The van der Waals surface area contributed by atoms with Gasteiger partial charge in [0.05, 0.1) is 12.3 Å². The molecule has 0 amide bonds. The Bertz CT molecular complexity index is 764. The van der Waals surface area contributed by atoms with Gasteiger partial charge in [-0.25, -0.2) is 0 Å². The molecule has 0 spiro atoms. The molecule has 0 aliphatic heterocycles. The average Bonchev–Trinajstić information content (AvgIpc) is 3.16. The number of carbonyl (C=O) groups excluding carboxylic acids is 1. The zero-order valence-corrected chi connectivity index (χ0v) is 13.2. The van der Waals surface area contributed by atoms with Crippen LogP contribution < -0.4 is 10.5 Å². The van der Waals surface area contributed by atoms with E-state index in [9.17, 15) is 4.79 Å². The Morgan fingerprint density at radius 3 is 2.38 bits per heavy atom. The molecule has 0 unspecified atom stereocenters. The van der Waals surface area contributed by atoms with Gasteiger partial charge in [-0.3, -0.25) is 4.79 Å². The van der Waals surface area contributed by atoms with Crippen molar-refractivity contribution in [3.05, 3.63) is 89.9 Å². The number of Topliss-reactive ketones (excluding diaryl/α,β-unsaturated/α-hetero) is 1. The second kappa shape index (κ2) is 7.62. The summed E-state index contributed by atoms with van der Waals surface area (Å²) in [5.41, 5.74) is 8.07. The van der Waals surface area contributed by atoms with Crippen molar-refractivity contribution in [2.24, 2.45) is 5.73 Å². The molecule has 0 aliphatic carbocycles. The molecule has 24 heavy (non-hydrogen) atoms. The number of ether oxygens (including phenoxy) is 1. The Labute approximate surface area is 140 Å². The number of rotatable bonds is 7. The predicted octanol–water partition coefficient (Wildman–Crippen LogP) is 3.61. The molecule has 4 heteroatoms. The maximum atomic E-state index is 12.1. The monoisotopic (exact) mass is 321 g/mol. The Hall–Kier alpha value is -2.85. The Balaban J connectivity index is 1.55. The molecule has 1 atom stereocenters. The van der Waals surface area contributed by atoms with Crippen LogP contribution in [0.25, 0.3) is 0 Å². The Morgan fingerprint density at radius 2 is 1.71 bits per heavy atom. The zero-order valence-electron chi connectivity index (χ0n) is 13.2. The van der Waals surface area contributed by atoms with Gasteiger partial charge in [0.1, 0.15) is 12.4 Å². The minimum absolute atomic E-state index is 0.190. The fourth-order valence-corrected chi connectivity index (χ4v) is 2.41. The van der Waals surface area contributed by atoms with E-state index in [1.54, 1.807) is 12.1 Å². The minimum atomic E-state index is -0.618. The second-order valence-corrected chi connectivity index (χ2v) is 5.57. The van der Waals surface area contributed by atoms with E-state index in [0.29, 0.717) is 18.8 Å². The van der Waals surface area contributed by atoms with Crippen molar-refractivity contribution in [1.82, 2.24) is 0 Å². The number of nitrogens with two attached hydrogens (primary N) is 1. The lowest BCUT2D eigenvalue weighted by Gasteiger charge is -2.10. The van der Waals surface area contributed by atoms with Crippen LogP contribution in [0.1, 0.15) is 21.7 Å². The van der Waals surface area contributed by atoms with E-state index >= 15 is 0 Å². The van der Waals surface area contributed by atoms with Crippen LogP contribution in [0, 0.1) is 0 Å². The third-order valence-corrected chi connectivity index (χ3v) is 3.73. The van der Waals surface area contributed by atoms with Gasteiger partial charge in [-0.2, -0.15) is 0 Å². The standard InChI is InChI=1S/C20H19NO3/c21-18(20(22)19-7-4-12-23-19)13-15-8-10-17(11-9-15)24-14-16-5-2-1-3-6-16/h1-12,18H,13-14,21H2/t18-/m0/s1. The molecule has 122 valence electrons. The zero-order chi connectivity index (χ0) is 16.8. The Morgan fingerprint density at radius 1 is 0.958 bits per heavy atom. The number of furan rings is 1. The maximum Gasteiger partial charge on any atom is 0.214 e. The summed E-state index contributed by atoms with van der Waals surface area (Å²) < 4.78 is 10.8. The number of hydrogen-bond acceptors (Lipinski definition) is 4. The maximum absolute atomic E-state index is 12.1. The smallest absolute Gasteiger partial charge is 0.214 e. The molecule has 4 nitrogen and oxygen atoms in total. The molecule has 0 bridgehead atoms. The van der Waals surface area contributed by atoms with E-state index in [1.165, 1.54) is 6.26 Å². The van der Waals surface area contributed by atoms with Gasteiger partial charge in [0, 0.05) is 0 Å². The molecule has 2 aromatic carbocycles. The van der Waals surface area contributed by atoms with Crippen LogP contribution in [0.4, 0.5) is 0 Å². The first kappa shape index (κ1) is 16.0. The van der Waals surface area contributed by atoms with Crippen molar-refractivity contribution >= 4 is 5.78 Å². The van der Waals surface area contributed by atoms with Gasteiger partial charge >= 0.3 is 0 Å². The number of hydrogen-bond donors (Lipinski definition) is 1. The molecule has 0 radical (unpaired) electrons. The summed E-state index contributed by atoms with van der Waals surface area (Å²) in [6.07, 6.45) is 1.93. The minimum Gasteiger partial charge on any atom is -0.489 e. The molecular formula is C20H19NO3. The van der Waals surface area contributed by atoms with Crippen LogP contribution in [0.5, 0.6) is 5.75 Å². The van der Waals surface area contributed by atoms with Crippen molar-refractivity contribution in [3.63, 3.8) is 0 Å². The Kier molecular flexibility index (Phi) is 5.08. The molecule has 2 N–H and O–H groups in total. The lowest BCUT2D eigenvalue weighted by molar-refractivity contribution is 0.0933. The molecule has 1 aromatic heterocycles. The van der Waals surface area contributed by atoms with Gasteiger partial charge in [0.15, 0.2) is 5.76 Å². The number of carbonyl (C=O) groups is 1. The summed E-state index contributed by atoms with van der Waals surface area (Å²) in [6, 6.07) is 20.3. The molecule has 0 saturated heterocycles. The van der Waals surface area contributed by atoms with Gasteiger partial charge in [0.25, 0.3) is 0 Å². The average molecular weight is 321 g/mol. The normalized spacial score (nSPS) is 11.9. The largest absolute Gasteiger partial charge is 0.489 e. The summed E-state index contributed by atoms with van der Waals surface area (Å²) in [4.78, 5) is 12.1. The van der Waals surface area contributed by atoms with Gasteiger partial charge in [-0.15, -0.1) is 0 Å². The summed E-state index contributed by atoms with van der Waals surface area (Å²) in [5.74, 6) is 0.892. The van der Waals surface area contributed by atoms with Crippen molar-refractivity contribution < 1.29 is 13.9 Å². The SMILES string of the molecule is N[C@@H](Cc1ccc(OCc2ccccc2)cc1)C(=O)c1ccco1. The molecular weight excluding hydrogens is 302 g/mol. The first-order chi connectivity index (χ1) is 11.7. The fourth-order valence-electron chi connectivity index (χ4n) is 2.41. The fraction of sp³-hybridized carbons (Fsp3) is 0.150. The lowest BCUT2D eigenvalue weighted by Crippen LogP contribution is -2.32. The third kappa shape index (κ3) is 4.12. The van der Waals surface area contributed by atoms with Crippen molar-refractivity contribution in [1.29, 1.82) is 0 Å². The molecule has 1 heterocycles. The van der Waals surface area contributed by atoms with Crippen molar-refractivity contribution in [2.75, 3.05) is 0 Å². The summed E-state index contributed by atoms with van der Waals surface area (Å²) in [6.45, 7) is 0.524. The van der Waals surface area contributed by atoms with E-state index in [-0.39, 0.29) is 5.78 Å². The van der Waals surface area contributed by atoms with Crippen LogP contribution in [0.3, 0.4) is 0 Å². The van der Waals surface area contributed by atoms with Crippen LogP contribution in [0.2, 0.25) is 0 Å². The van der Waals surface area contributed by atoms with Gasteiger partial charge in [-0.1, -0.05) is 42.5 Å². The second-order valence-electron chi connectivity index (χ2n) is 5.57. The van der Waals surface area contributed by atoms with Crippen molar-refractivity contribution in [3.8, 4) is 5.75 Å². The van der Waals surface area contributed by atoms with E-state index < -0.39 is 6.04 Å². The molecule has 0 aliphatic rings. The van der Waals surface area contributed by atoms with Crippen molar-refractivity contribution in [2.45, 2.75) is 19.1 Å². The molecule has 3 rings (SSSR count). The third-order valence-electron chi connectivity index (χ3n) is 3.73. The topological polar surface area (TPSA) is 65.5 Å². The highest BCUT2D eigenvalue weighted by Crippen LogP contribution is 2.16. The van der Waals surface area contributed by atoms with E-state index in [1.807, 2.05) is 54.6 Å². The lowest BCUT2D eigenvalue weighted by atomic mass is 10.0. The van der Waals surface area contributed by atoms with E-state index in [4.69, 9.17) is 14.9 Å². The molecule has 0 saturated carbocycles. The highest BCUT2D eigenvalue weighted by molar-refractivity contribution is 5.97. The van der Waals surface area contributed by atoms with Gasteiger partial charge in [0.2, 0.25) is 5.78 Å². The first-order valence-corrected chi connectivity index (χ1v) is 7.81. The predicted molar refractivity (Wildman–Crippen MR) is 91.9 cm³/mol. The quantitative estimate of drug-likeness (QED) is 0.675. The number of benzene rings is 2. The summed E-state index contributed by atoms with van der Waals surface area (Å²) in [5, 5.41) is 0. The van der Waals surface area contributed by atoms with E-state index in [2.05, 4.69) is 0 Å². The summed E-state index contributed by atoms with van der Waals surface area (Å²) >= 11 is 0. The molecule has 0 fully saturated rings. The van der Waals surface area contributed by atoms with Crippen LogP contribution in [-0.2, 0) is 13.0 Å². The van der Waals surface area contributed by atoms with Gasteiger partial charge in [-0.05, 0) is 41.8 Å². The summed E-state index contributed by atoms with van der Waals surface area (Å²) in [7, 11) is 0. The highest BCUT2D eigenvalue weighted by Gasteiger charge is 2.18. The van der Waals surface area contributed by atoms with Crippen LogP contribution in [-0.4, -0.2) is 11.8 Å². The van der Waals surface area contributed by atoms with Crippen LogP contribution >= 0.6 is 0 Å². The van der Waals surface area contributed by atoms with Gasteiger partial charge < -0.3 is 14.9 Å².